The second-order valence-corrected chi connectivity index (χ2v) is 5.11. The standard InChI is InChI=1S/C15H25N3O/c1-19-15-5-3-14(4-6-15)13-18-11-9-17(10-12-18)8-2-7-16/h3-6H,2,7-13,16H2,1H3. The Hall–Kier alpha value is -1.10. The minimum absolute atomic E-state index is 0.798. The van der Waals surface area contributed by atoms with Gasteiger partial charge in [-0.05, 0) is 37.2 Å². The van der Waals surface area contributed by atoms with Crippen molar-refractivity contribution in [2.45, 2.75) is 13.0 Å². The Morgan fingerprint density at radius 2 is 1.68 bits per heavy atom. The monoisotopic (exact) mass is 263 g/mol. The van der Waals surface area contributed by atoms with Crippen LogP contribution >= 0.6 is 0 Å². The minimum atomic E-state index is 0.798. The predicted molar refractivity (Wildman–Crippen MR) is 78.4 cm³/mol. The Morgan fingerprint density at radius 1 is 1.05 bits per heavy atom. The van der Waals surface area contributed by atoms with Gasteiger partial charge in [-0.1, -0.05) is 12.1 Å². The number of rotatable bonds is 6. The molecule has 0 radical (unpaired) electrons. The number of piperazine rings is 1. The lowest BCUT2D eigenvalue weighted by atomic mass is 10.2. The molecule has 19 heavy (non-hydrogen) atoms. The summed E-state index contributed by atoms with van der Waals surface area (Å²) >= 11 is 0. The number of ether oxygens (including phenoxy) is 1. The highest BCUT2D eigenvalue weighted by Crippen LogP contribution is 2.14. The van der Waals surface area contributed by atoms with Crippen LogP contribution < -0.4 is 10.5 Å². The van der Waals surface area contributed by atoms with Gasteiger partial charge in [-0.3, -0.25) is 4.90 Å². The lowest BCUT2D eigenvalue weighted by Gasteiger charge is -2.34. The van der Waals surface area contributed by atoms with E-state index in [1.807, 2.05) is 12.1 Å². The van der Waals surface area contributed by atoms with Crippen LogP contribution in [0.2, 0.25) is 0 Å². The molecule has 1 aliphatic heterocycles. The molecule has 0 aliphatic carbocycles. The van der Waals surface area contributed by atoms with Crippen LogP contribution in [0.15, 0.2) is 24.3 Å². The molecule has 106 valence electrons. The molecule has 1 aliphatic rings. The molecule has 0 atom stereocenters. The van der Waals surface area contributed by atoms with Crippen LogP contribution in [0.5, 0.6) is 5.75 Å². The summed E-state index contributed by atoms with van der Waals surface area (Å²) in [6.45, 7) is 7.60. The molecule has 2 N–H and O–H groups in total. The number of nitrogens with two attached hydrogens (primary N) is 1. The zero-order valence-electron chi connectivity index (χ0n) is 11.8. The normalized spacial score (nSPS) is 17.6. The number of hydrogen-bond acceptors (Lipinski definition) is 4. The Balaban J connectivity index is 1.75. The van der Waals surface area contributed by atoms with Crippen molar-refractivity contribution < 1.29 is 4.74 Å². The number of nitrogens with zero attached hydrogens (tertiary/aromatic N) is 2. The third kappa shape index (κ3) is 4.49. The van der Waals surface area contributed by atoms with Crippen molar-refractivity contribution in [2.24, 2.45) is 5.73 Å². The quantitative estimate of drug-likeness (QED) is 0.836. The molecule has 0 saturated carbocycles. The fourth-order valence-electron chi connectivity index (χ4n) is 2.48. The molecular formula is C15H25N3O. The highest BCUT2D eigenvalue weighted by atomic mass is 16.5. The van der Waals surface area contributed by atoms with Crippen LogP contribution in [0.4, 0.5) is 0 Å². The van der Waals surface area contributed by atoms with Crippen molar-refractivity contribution in [2.75, 3.05) is 46.4 Å². The van der Waals surface area contributed by atoms with E-state index in [0.29, 0.717) is 0 Å². The smallest absolute Gasteiger partial charge is 0.118 e. The molecular weight excluding hydrogens is 238 g/mol. The molecule has 1 saturated heterocycles. The Bertz CT molecular complexity index is 358. The van der Waals surface area contributed by atoms with Gasteiger partial charge in [0.25, 0.3) is 0 Å². The molecule has 0 spiro atoms. The molecule has 1 heterocycles. The van der Waals surface area contributed by atoms with E-state index in [2.05, 4.69) is 21.9 Å². The van der Waals surface area contributed by atoms with E-state index in [1.165, 1.54) is 5.56 Å². The van der Waals surface area contributed by atoms with Gasteiger partial charge in [0.15, 0.2) is 0 Å². The fraction of sp³-hybridized carbons (Fsp3) is 0.600. The SMILES string of the molecule is COc1ccc(CN2CCN(CCCN)CC2)cc1. The van der Waals surface area contributed by atoms with Gasteiger partial charge < -0.3 is 15.4 Å². The molecule has 0 bridgehead atoms. The lowest BCUT2D eigenvalue weighted by Crippen LogP contribution is -2.46. The molecule has 0 amide bonds. The van der Waals surface area contributed by atoms with Crippen LogP contribution in [0.1, 0.15) is 12.0 Å². The second-order valence-electron chi connectivity index (χ2n) is 5.11. The number of hydrogen-bond donors (Lipinski definition) is 1. The molecule has 0 unspecified atom stereocenters. The maximum atomic E-state index is 5.55. The number of benzene rings is 1. The topological polar surface area (TPSA) is 41.7 Å². The first-order chi connectivity index (χ1) is 9.31. The molecule has 4 heteroatoms. The van der Waals surface area contributed by atoms with E-state index in [1.54, 1.807) is 7.11 Å². The highest BCUT2D eigenvalue weighted by Gasteiger charge is 2.16. The molecule has 1 aromatic rings. The van der Waals surface area contributed by atoms with E-state index in [0.717, 1.165) is 58.0 Å². The molecule has 2 rings (SSSR count). The summed E-state index contributed by atoms with van der Waals surface area (Å²) in [6, 6.07) is 8.37. The van der Waals surface area contributed by atoms with Gasteiger partial charge in [0.1, 0.15) is 5.75 Å². The predicted octanol–water partition coefficient (Wildman–Crippen LogP) is 1.16. The average molecular weight is 263 g/mol. The fourth-order valence-corrected chi connectivity index (χ4v) is 2.48. The van der Waals surface area contributed by atoms with Gasteiger partial charge in [-0.15, -0.1) is 0 Å². The summed E-state index contributed by atoms with van der Waals surface area (Å²) in [4.78, 5) is 5.03. The van der Waals surface area contributed by atoms with E-state index in [9.17, 15) is 0 Å². The maximum Gasteiger partial charge on any atom is 0.118 e. The van der Waals surface area contributed by atoms with Crippen LogP contribution in [0.25, 0.3) is 0 Å². The van der Waals surface area contributed by atoms with Crippen LogP contribution in [-0.4, -0.2) is 56.2 Å². The van der Waals surface area contributed by atoms with Crippen molar-refractivity contribution in [3.8, 4) is 5.75 Å². The highest BCUT2D eigenvalue weighted by molar-refractivity contribution is 5.27. The lowest BCUT2D eigenvalue weighted by molar-refractivity contribution is 0.127. The van der Waals surface area contributed by atoms with Gasteiger partial charge in [0.05, 0.1) is 7.11 Å². The van der Waals surface area contributed by atoms with Gasteiger partial charge >= 0.3 is 0 Å². The van der Waals surface area contributed by atoms with Crippen molar-refractivity contribution in [3.63, 3.8) is 0 Å². The van der Waals surface area contributed by atoms with Crippen molar-refractivity contribution in [3.05, 3.63) is 29.8 Å². The average Bonchev–Trinajstić information content (AvgIpc) is 2.47. The van der Waals surface area contributed by atoms with Crippen LogP contribution in [0.3, 0.4) is 0 Å². The van der Waals surface area contributed by atoms with Gasteiger partial charge in [0.2, 0.25) is 0 Å². The minimum Gasteiger partial charge on any atom is -0.497 e. The second kappa shape index (κ2) is 7.48. The van der Waals surface area contributed by atoms with E-state index >= 15 is 0 Å². The zero-order chi connectivity index (χ0) is 13.5. The van der Waals surface area contributed by atoms with Gasteiger partial charge in [-0.25, -0.2) is 0 Å². The van der Waals surface area contributed by atoms with Crippen LogP contribution in [0, 0.1) is 0 Å². The first kappa shape index (κ1) is 14.3. The van der Waals surface area contributed by atoms with Crippen molar-refractivity contribution >= 4 is 0 Å². The Kier molecular flexibility index (Phi) is 5.63. The van der Waals surface area contributed by atoms with Gasteiger partial charge in [-0.2, -0.15) is 0 Å². The summed E-state index contributed by atoms with van der Waals surface area (Å²) in [7, 11) is 1.70. The summed E-state index contributed by atoms with van der Waals surface area (Å²) in [5, 5.41) is 0. The van der Waals surface area contributed by atoms with Gasteiger partial charge in [0, 0.05) is 32.7 Å². The first-order valence-corrected chi connectivity index (χ1v) is 7.09. The Morgan fingerprint density at radius 3 is 2.26 bits per heavy atom. The Labute approximate surface area is 116 Å². The van der Waals surface area contributed by atoms with Crippen molar-refractivity contribution in [1.82, 2.24) is 9.80 Å². The van der Waals surface area contributed by atoms with E-state index in [4.69, 9.17) is 10.5 Å². The summed E-state index contributed by atoms with van der Waals surface area (Å²) in [5.74, 6) is 0.926. The largest absolute Gasteiger partial charge is 0.497 e. The molecule has 0 aromatic heterocycles. The summed E-state index contributed by atoms with van der Waals surface area (Å²) in [5.41, 5.74) is 6.91. The number of methoxy groups -OCH3 is 1. The summed E-state index contributed by atoms with van der Waals surface area (Å²) < 4.78 is 5.18. The molecule has 4 nitrogen and oxygen atoms in total. The third-order valence-corrected chi connectivity index (χ3v) is 3.71. The molecule has 1 aromatic carbocycles. The maximum absolute atomic E-state index is 5.55. The molecule has 1 fully saturated rings. The first-order valence-electron chi connectivity index (χ1n) is 7.09. The van der Waals surface area contributed by atoms with E-state index in [-0.39, 0.29) is 0 Å². The van der Waals surface area contributed by atoms with E-state index < -0.39 is 0 Å². The zero-order valence-corrected chi connectivity index (χ0v) is 11.8. The van der Waals surface area contributed by atoms with Crippen LogP contribution in [-0.2, 0) is 6.54 Å². The van der Waals surface area contributed by atoms with Crippen molar-refractivity contribution in [1.29, 1.82) is 0 Å². The third-order valence-electron chi connectivity index (χ3n) is 3.71. The summed E-state index contributed by atoms with van der Waals surface area (Å²) in [6.07, 6.45) is 1.11.